The Morgan fingerprint density at radius 3 is 2.38 bits per heavy atom. The molecule has 4 nitrogen and oxygen atoms in total. The molecule has 0 amide bonds. The van der Waals surface area contributed by atoms with Crippen LogP contribution in [0.25, 0.3) is 11.1 Å². The average Bonchev–Trinajstić information content (AvgIpc) is 3.13. The van der Waals surface area contributed by atoms with Crippen molar-refractivity contribution in [3.8, 4) is 0 Å². The monoisotopic (exact) mass is 431 g/mol. The summed E-state index contributed by atoms with van der Waals surface area (Å²) >= 11 is 12.2. The fraction of sp³-hybridized carbons (Fsp3) is 0.435. The fourth-order valence-electron chi connectivity index (χ4n) is 3.93. The first-order valence-corrected chi connectivity index (χ1v) is 11.0. The highest BCUT2D eigenvalue weighted by Crippen LogP contribution is 2.29. The van der Waals surface area contributed by atoms with Crippen molar-refractivity contribution in [3.05, 3.63) is 64.0 Å². The molecule has 2 heterocycles. The first-order chi connectivity index (χ1) is 14.0. The lowest BCUT2D eigenvalue weighted by molar-refractivity contribution is 0.113. The van der Waals surface area contributed by atoms with E-state index < -0.39 is 0 Å². The number of para-hydroxylation sites is 2. The minimum Gasteiger partial charge on any atom is -0.440 e. The third kappa shape index (κ3) is 4.95. The second kappa shape index (κ2) is 9.05. The predicted molar refractivity (Wildman–Crippen MR) is 120 cm³/mol. The second-order valence-corrected chi connectivity index (χ2v) is 9.01. The highest BCUT2D eigenvalue weighted by Gasteiger charge is 2.26. The van der Waals surface area contributed by atoms with E-state index in [1.54, 1.807) is 0 Å². The Morgan fingerprint density at radius 2 is 1.69 bits per heavy atom. The summed E-state index contributed by atoms with van der Waals surface area (Å²) in [6.45, 7) is 10.6. The van der Waals surface area contributed by atoms with Crippen molar-refractivity contribution in [2.75, 3.05) is 32.7 Å². The number of fused-ring (bicyclic) bond motifs is 1. The summed E-state index contributed by atoms with van der Waals surface area (Å²) in [7, 11) is 0. The van der Waals surface area contributed by atoms with Gasteiger partial charge in [-0.1, -0.05) is 55.2 Å². The van der Waals surface area contributed by atoms with Crippen LogP contribution in [0.5, 0.6) is 0 Å². The Kier molecular flexibility index (Phi) is 6.45. The normalized spacial score (nSPS) is 17.3. The van der Waals surface area contributed by atoms with Crippen LogP contribution in [0.3, 0.4) is 0 Å². The SMILES string of the molecule is CC(C)C(CN1CCN(Cc2ccc(Cl)c(Cl)c2)CC1)c1nc2ccccc2o1. The number of benzene rings is 2. The first-order valence-electron chi connectivity index (χ1n) is 10.2. The number of hydrogen-bond acceptors (Lipinski definition) is 4. The first kappa shape index (κ1) is 20.7. The molecule has 0 bridgehead atoms. The van der Waals surface area contributed by atoms with Crippen LogP contribution in [0.4, 0.5) is 0 Å². The van der Waals surface area contributed by atoms with E-state index in [2.05, 4.69) is 29.7 Å². The number of rotatable bonds is 6. The van der Waals surface area contributed by atoms with E-state index in [1.165, 1.54) is 5.56 Å². The minimum atomic E-state index is 0.295. The highest BCUT2D eigenvalue weighted by molar-refractivity contribution is 6.42. The third-order valence-corrected chi connectivity index (χ3v) is 6.48. The molecule has 4 rings (SSSR count). The molecule has 1 atom stereocenters. The quantitative estimate of drug-likeness (QED) is 0.501. The van der Waals surface area contributed by atoms with Gasteiger partial charge in [-0.05, 0) is 35.7 Å². The lowest BCUT2D eigenvalue weighted by atomic mass is 9.95. The van der Waals surface area contributed by atoms with Crippen molar-refractivity contribution in [3.63, 3.8) is 0 Å². The number of nitrogens with zero attached hydrogens (tertiary/aromatic N) is 3. The molecule has 0 N–H and O–H groups in total. The molecule has 1 aromatic heterocycles. The van der Waals surface area contributed by atoms with Crippen LogP contribution in [0, 0.1) is 5.92 Å². The lowest BCUT2D eigenvalue weighted by Gasteiger charge is -2.36. The van der Waals surface area contributed by atoms with E-state index in [9.17, 15) is 0 Å². The van der Waals surface area contributed by atoms with Crippen LogP contribution >= 0.6 is 23.2 Å². The predicted octanol–water partition coefficient (Wildman–Crippen LogP) is 5.69. The van der Waals surface area contributed by atoms with Gasteiger partial charge < -0.3 is 4.42 Å². The molecule has 1 aliphatic heterocycles. The Morgan fingerprint density at radius 1 is 0.966 bits per heavy atom. The van der Waals surface area contributed by atoms with Crippen molar-refractivity contribution >= 4 is 34.3 Å². The molecule has 1 unspecified atom stereocenters. The van der Waals surface area contributed by atoms with Crippen LogP contribution in [0.2, 0.25) is 10.0 Å². The summed E-state index contributed by atoms with van der Waals surface area (Å²) in [5.74, 6) is 1.63. The number of oxazole rings is 1. The smallest absolute Gasteiger partial charge is 0.200 e. The average molecular weight is 432 g/mol. The lowest BCUT2D eigenvalue weighted by Crippen LogP contribution is -2.47. The van der Waals surface area contributed by atoms with E-state index in [-0.39, 0.29) is 0 Å². The zero-order chi connectivity index (χ0) is 20.4. The Bertz CT molecular complexity index is 931. The van der Waals surface area contributed by atoms with Crippen LogP contribution < -0.4 is 0 Å². The van der Waals surface area contributed by atoms with Gasteiger partial charge in [0.2, 0.25) is 0 Å². The fourth-order valence-corrected chi connectivity index (χ4v) is 4.25. The molecule has 1 aliphatic rings. The standard InChI is InChI=1S/C23H27Cl2N3O/c1-16(2)18(23-26-21-5-3-4-6-22(21)29-23)15-28-11-9-27(10-12-28)14-17-7-8-19(24)20(25)13-17/h3-8,13,16,18H,9-12,14-15H2,1-2H3. The maximum Gasteiger partial charge on any atom is 0.200 e. The number of halogens is 2. The summed E-state index contributed by atoms with van der Waals surface area (Å²) in [5.41, 5.74) is 3.03. The molecule has 0 radical (unpaired) electrons. The molecule has 3 aromatic rings. The number of piperazine rings is 1. The summed E-state index contributed by atoms with van der Waals surface area (Å²) in [6.07, 6.45) is 0. The van der Waals surface area contributed by atoms with Crippen LogP contribution in [-0.2, 0) is 6.54 Å². The van der Waals surface area contributed by atoms with Gasteiger partial charge in [-0.2, -0.15) is 0 Å². The van der Waals surface area contributed by atoms with E-state index >= 15 is 0 Å². The van der Waals surface area contributed by atoms with Crippen molar-refractivity contribution in [2.24, 2.45) is 5.92 Å². The molecule has 2 aromatic carbocycles. The maximum atomic E-state index is 6.16. The molecule has 0 spiro atoms. The van der Waals surface area contributed by atoms with Crippen molar-refractivity contribution in [1.82, 2.24) is 14.8 Å². The number of hydrogen-bond donors (Lipinski definition) is 0. The zero-order valence-electron chi connectivity index (χ0n) is 16.9. The van der Waals surface area contributed by atoms with E-state index in [0.717, 1.165) is 56.3 Å². The molecule has 154 valence electrons. The summed E-state index contributed by atoms with van der Waals surface area (Å²) in [6, 6.07) is 13.9. The zero-order valence-corrected chi connectivity index (χ0v) is 18.5. The second-order valence-electron chi connectivity index (χ2n) is 8.20. The summed E-state index contributed by atoms with van der Waals surface area (Å²) in [4.78, 5) is 9.76. The van der Waals surface area contributed by atoms with Gasteiger partial charge in [-0.25, -0.2) is 4.98 Å². The van der Waals surface area contributed by atoms with Gasteiger partial charge in [-0.3, -0.25) is 9.80 Å². The van der Waals surface area contributed by atoms with Gasteiger partial charge in [0.05, 0.1) is 16.0 Å². The Hall–Kier alpha value is -1.59. The topological polar surface area (TPSA) is 32.5 Å². The van der Waals surface area contributed by atoms with E-state index in [1.807, 2.05) is 36.4 Å². The summed E-state index contributed by atoms with van der Waals surface area (Å²) < 4.78 is 6.08. The molecule has 29 heavy (non-hydrogen) atoms. The van der Waals surface area contributed by atoms with E-state index in [4.69, 9.17) is 32.6 Å². The van der Waals surface area contributed by atoms with Crippen molar-refractivity contribution in [2.45, 2.75) is 26.3 Å². The van der Waals surface area contributed by atoms with Gasteiger partial charge in [0.15, 0.2) is 11.5 Å². The van der Waals surface area contributed by atoms with Gasteiger partial charge in [0.1, 0.15) is 5.52 Å². The molecule has 1 saturated heterocycles. The van der Waals surface area contributed by atoms with Gasteiger partial charge in [0.25, 0.3) is 0 Å². The number of aromatic nitrogens is 1. The molecule has 0 aliphatic carbocycles. The maximum absolute atomic E-state index is 6.16. The van der Waals surface area contributed by atoms with Gasteiger partial charge in [0, 0.05) is 39.3 Å². The van der Waals surface area contributed by atoms with E-state index in [0.29, 0.717) is 21.9 Å². The molecule has 6 heteroatoms. The van der Waals surface area contributed by atoms with Crippen LogP contribution in [0.15, 0.2) is 46.9 Å². The molecule has 0 saturated carbocycles. The molecular weight excluding hydrogens is 405 g/mol. The van der Waals surface area contributed by atoms with Gasteiger partial charge in [-0.15, -0.1) is 0 Å². The Balaban J connectivity index is 1.36. The highest BCUT2D eigenvalue weighted by atomic mass is 35.5. The van der Waals surface area contributed by atoms with Gasteiger partial charge >= 0.3 is 0 Å². The molecule has 1 fully saturated rings. The Labute approximate surface area is 182 Å². The van der Waals surface area contributed by atoms with Crippen molar-refractivity contribution in [1.29, 1.82) is 0 Å². The summed E-state index contributed by atoms with van der Waals surface area (Å²) in [5, 5.41) is 1.24. The van der Waals surface area contributed by atoms with Crippen LogP contribution in [-0.4, -0.2) is 47.5 Å². The largest absolute Gasteiger partial charge is 0.440 e. The molecular formula is C23H27Cl2N3O. The van der Waals surface area contributed by atoms with Crippen molar-refractivity contribution < 1.29 is 4.42 Å². The minimum absolute atomic E-state index is 0.295. The van der Waals surface area contributed by atoms with Crippen LogP contribution in [0.1, 0.15) is 31.2 Å². The third-order valence-electron chi connectivity index (χ3n) is 5.74.